The Kier molecular flexibility index (Phi) is 9.01. The first-order valence-corrected chi connectivity index (χ1v) is 12.8. The number of rotatable bonds is 10. The molecule has 2 aromatic rings. The van der Waals surface area contributed by atoms with Crippen molar-refractivity contribution in [2.45, 2.75) is 91.8 Å². The Morgan fingerprint density at radius 3 is 2.60 bits per heavy atom. The largest absolute Gasteiger partial charge is 0.364 e. The van der Waals surface area contributed by atoms with E-state index in [1.165, 1.54) is 37.0 Å². The van der Waals surface area contributed by atoms with Crippen molar-refractivity contribution in [3.63, 3.8) is 0 Å². The van der Waals surface area contributed by atoms with Crippen LogP contribution in [0.5, 0.6) is 0 Å². The van der Waals surface area contributed by atoms with Crippen LogP contribution < -0.4 is 25.7 Å². The maximum atomic E-state index is 13.7. The SMILES string of the molecule is CCCCCCCC[n+]1cccc(C(=O)N2c3c(nc(NC(=O)C(C)C)[nH]c3=O)NC(C)C2C)c1. The van der Waals surface area contributed by atoms with Gasteiger partial charge < -0.3 is 5.32 Å². The highest BCUT2D eigenvalue weighted by atomic mass is 16.2. The molecule has 0 spiro atoms. The molecule has 0 bridgehead atoms. The molecule has 0 radical (unpaired) electrons. The summed E-state index contributed by atoms with van der Waals surface area (Å²) in [5.74, 6) is -0.427. The highest BCUT2D eigenvalue weighted by molar-refractivity contribution is 6.08. The highest BCUT2D eigenvalue weighted by Gasteiger charge is 2.37. The van der Waals surface area contributed by atoms with Gasteiger partial charge in [0.1, 0.15) is 12.1 Å². The molecule has 9 nitrogen and oxygen atoms in total. The molecule has 1 aliphatic heterocycles. The molecule has 35 heavy (non-hydrogen) atoms. The molecule has 3 rings (SSSR count). The van der Waals surface area contributed by atoms with Gasteiger partial charge in [0.25, 0.3) is 11.5 Å². The fourth-order valence-electron chi connectivity index (χ4n) is 4.16. The van der Waals surface area contributed by atoms with Crippen LogP contribution in [0.25, 0.3) is 0 Å². The molecule has 0 fully saturated rings. The van der Waals surface area contributed by atoms with Gasteiger partial charge in [-0.05, 0) is 26.3 Å². The summed E-state index contributed by atoms with van der Waals surface area (Å²) >= 11 is 0. The number of aromatic amines is 1. The summed E-state index contributed by atoms with van der Waals surface area (Å²) in [6.07, 6.45) is 11.1. The lowest BCUT2D eigenvalue weighted by molar-refractivity contribution is -0.697. The van der Waals surface area contributed by atoms with E-state index in [-0.39, 0.29) is 47.3 Å². The average Bonchev–Trinajstić information content (AvgIpc) is 2.82. The number of anilines is 3. The van der Waals surface area contributed by atoms with Gasteiger partial charge in [-0.15, -0.1) is 0 Å². The molecule has 2 unspecified atom stereocenters. The summed E-state index contributed by atoms with van der Waals surface area (Å²) in [6, 6.07) is 3.22. The van der Waals surface area contributed by atoms with Crippen molar-refractivity contribution < 1.29 is 14.2 Å². The third kappa shape index (κ3) is 6.46. The van der Waals surface area contributed by atoms with Gasteiger partial charge in [0.15, 0.2) is 23.9 Å². The van der Waals surface area contributed by atoms with Crippen molar-refractivity contribution in [1.82, 2.24) is 9.97 Å². The zero-order valence-electron chi connectivity index (χ0n) is 21.6. The van der Waals surface area contributed by atoms with Crippen LogP contribution in [0.4, 0.5) is 17.5 Å². The lowest BCUT2D eigenvalue weighted by Gasteiger charge is -2.38. The number of unbranched alkanes of at least 4 members (excludes halogenated alkanes) is 5. The Morgan fingerprint density at radius 2 is 1.89 bits per heavy atom. The Morgan fingerprint density at radius 1 is 1.17 bits per heavy atom. The molecule has 0 saturated heterocycles. The van der Waals surface area contributed by atoms with Gasteiger partial charge in [0, 0.05) is 24.4 Å². The van der Waals surface area contributed by atoms with Crippen LogP contribution in [0.15, 0.2) is 29.3 Å². The first kappa shape index (κ1) is 26.4. The van der Waals surface area contributed by atoms with Crippen LogP contribution in [0.1, 0.15) is 83.5 Å². The lowest BCUT2D eigenvalue weighted by atomic mass is 10.0. The van der Waals surface area contributed by atoms with E-state index in [0.29, 0.717) is 5.56 Å². The van der Waals surface area contributed by atoms with E-state index >= 15 is 0 Å². The number of fused-ring (bicyclic) bond motifs is 1. The molecule has 0 aliphatic carbocycles. The summed E-state index contributed by atoms with van der Waals surface area (Å²) in [6.45, 7) is 10.4. The number of carbonyl (C=O) groups is 2. The number of nitrogens with one attached hydrogen (secondary N) is 3. The zero-order chi connectivity index (χ0) is 25.5. The fraction of sp³-hybridized carbons (Fsp3) is 0.577. The number of pyridine rings is 1. The van der Waals surface area contributed by atoms with Crippen LogP contribution in [-0.4, -0.2) is 33.9 Å². The van der Waals surface area contributed by atoms with Crippen LogP contribution in [0.3, 0.4) is 0 Å². The summed E-state index contributed by atoms with van der Waals surface area (Å²) in [5.41, 5.74) is 0.195. The monoisotopic (exact) mass is 483 g/mol. The van der Waals surface area contributed by atoms with E-state index in [9.17, 15) is 14.4 Å². The van der Waals surface area contributed by atoms with Gasteiger partial charge >= 0.3 is 0 Å². The second-order valence-corrected chi connectivity index (χ2v) is 9.70. The Hall–Kier alpha value is -3.23. The highest BCUT2D eigenvalue weighted by Crippen LogP contribution is 2.31. The van der Waals surface area contributed by atoms with Crippen LogP contribution in [0.2, 0.25) is 0 Å². The molecule has 1 aliphatic rings. The van der Waals surface area contributed by atoms with Crippen LogP contribution >= 0.6 is 0 Å². The number of hydrogen-bond acceptors (Lipinski definition) is 5. The van der Waals surface area contributed by atoms with Gasteiger partial charge in [-0.25, -0.2) is 4.57 Å². The first-order chi connectivity index (χ1) is 16.7. The molecular formula is C26H39N6O3+. The van der Waals surface area contributed by atoms with Gasteiger partial charge in [0.05, 0.1) is 6.04 Å². The summed E-state index contributed by atoms with van der Waals surface area (Å²) in [5, 5.41) is 5.83. The van der Waals surface area contributed by atoms with E-state index in [1.54, 1.807) is 19.9 Å². The van der Waals surface area contributed by atoms with Crippen LogP contribution in [-0.2, 0) is 11.3 Å². The number of nitrogens with zero attached hydrogens (tertiary/aromatic N) is 3. The minimum Gasteiger partial charge on any atom is -0.364 e. The van der Waals surface area contributed by atoms with E-state index in [2.05, 4.69) is 27.5 Å². The predicted molar refractivity (Wildman–Crippen MR) is 138 cm³/mol. The molecule has 190 valence electrons. The molecular weight excluding hydrogens is 444 g/mol. The number of carbonyl (C=O) groups excluding carboxylic acids is 2. The molecule has 0 saturated carbocycles. The van der Waals surface area contributed by atoms with Gasteiger partial charge in [-0.3, -0.25) is 29.6 Å². The quantitative estimate of drug-likeness (QED) is 0.351. The maximum Gasteiger partial charge on any atom is 0.278 e. The topological polar surface area (TPSA) is 111 Å². The number of aryl methyl sites for hydroxylation is 1. The second-order valence-electron chi connectivity index (χ2n) is 9.70. The minimum absolute atomic E-state index is 0.0607. The first-order valence-electron chi connectivity index (χ1n) is 12.8. The second kappa shape index (κ2) is 12.0. The molecule has 2 aromatic heterocycles. The molecule has 2 atom stereocenters. The zero-order valence-corrected chi connectivity index (χ0v) is 21.6. The number of hydrogen-bond donors (Lipinski definition) is 3. The third-order valence-corrected chi connectivity index (χ3v) is 6.49. The van der Waals surface area contributed by atoms with Crippen molar-refractivity contribution in [1.29, 1.82) is 0 Å². The molecule has 9 heteroatoms. The normalized spacial score (nSPS) is 17.1. The van der Waals surface area contributed by atoms with Crippen molar-refractivity contribution in [2.75, 3.05) is 15.5 Å². The van der Waals surface area contributed by atoms with E-state index in [0.717, 1.165) is 13.0 Å². The van der Waals surface area contributed by atoms with E-state index < -0.39 is 5.56 Å². The Balaban J connectivity index is 1.83. The summed E-state index contributed by atoms with van der Waals surface area (Å²) in [4.78, 5) is 47.3. The number of aromatic nitrogens is 3. The van der Waals surface area contributed by atoms with Crippen LogP contribution in [0, 0.1) is 5.92 Å². The third-order valence-electron chi connectivity index (χ3n) is 6.49. The molecule has 3 heterocycles. The van der Waals surface area contributed by atoms with Crippen molar-refractivity contribution in [3.05, 3.63) is 40.4 Å². The molecule has 3 N–H and O–H groups in total. The van der Waals surface area contributed by atoms with Crippen molar-refractivity contribution in [2.24, 2.45) is 5.92 Å². The fourth-order valence-corrected chi connectivity index (χ4v) is 4.16. The van der Waals surface area contributed by atoms with E-state index in [1.807, 2.05) is 36.9 Å². The van der Waals surface area contributed by atoms with E-state index in [4.69, 9.17) is 0 Å². The summed E-state index contributed by atoms with van der Waals surface area (Å²) in [7, 11) is 0. The smallest absolute Gasteiger partial charge is 0.278 e. The van der Waals surface area contributed by atoms with Crippen molar-refractivity contribution in [3.8, 4) is 0 Å². The summed E-state index contributed by atoms with van der Waals surface area (Å²) < 4.78 is 2.04. The predicted octanol–water partition coefficient (Wildman–Crippen LogP) is 3.86. The molecule has 2 amide bonds. The van der Waals surface area contributed by atoms with Gasteiger partial charge in [-0.2, -0.15) is 4.98 Å². The van der Waals surface area contributed by atoms with Gasteiger partial charge in [-0.1, -0.05) is 46.5 Å². The van der Waals surface area contributed by atoms with Gasteiger partial charge in [0.2, 0.25) is 11.9 Å². The standard InChI is InChI=1S/C26H38N6O3/c1-6-7-8-9-10-11-14-31-15-12-13-20(16-31)25(35)32-19(5)18(4)27-22-21(32)24(34)30-26(28-22)29-23(33)17(2)3/h12-13,15-19H,6-11,14H2,1-5H3,(H2-,27,28,29,30,33,34)/p+1. The Bertz CT molecular complexity index is 1100. The maximum absolute atomic E-state index is 13.7. The minimum atomic E-state index is -0.482. The molecule has 0 aromatic carbocycles. The lowest BCUT2D eigenvalue weighted by Crippen LogP contribution is -2.53. The Labute approximate surface area is 207 Å². The number of H-pyrrole nitrogens is 1. The number of amides is 2. The van der Waals surface area contributed by atoms with Crippen molar-refractivity contribution >= 4 is 29.3 Å². The average molecular weight is 484 g/mol.